The molecule has 134 valence electrons. The number of halogens is 1. The van der Waals surface area contributed by atoms with Crippen molar-refractivity contribution in [1.82, 2.24) is 0 Å². The smallest absolute Gasteiger partial charge is 0.217 e. The molecule has 2 amide bonds. The fraction of sp³-hybridized carbons (Fsp3) is 0.529. The van der Waals surface area contributed by atoms with Gasteiger partial charge in [-0.05, 0) is 37.3 Å². The molecule has 1 atom stereocenters. The lowest BCUT2D eigenvalue weighted by molar-refractivity contribution is -0.119. The predicted molar refractivity (Wildman–Crippen MR) is 89.7 cm³/mol. The highest BCUT2D eigenvalue weighted by atomic mass is 19.1. The third kappa shape index (κ3) is 7.92. The van der Waals surface area contributed by atoms with Crippen LogP contribution in [0, 0.1) is 5.82 Å². The maximum atomic E-state index is 14.4. The lowest BCUT2D eigenvalue weighted by atomic mass is 10.1. The van der Waals surface area contributed by atoms with E-state index in [1.807, 2.05) is 0 Å². The number of hydrogen-bond donors (Lipinski definition) is 3. The number of carbonyl (C=O) groups excluding carboxylic acids is 2. The largest absolute Gasteiger partial charge is 0.489 e. The Morgan fingerprint density at radius 1 is 1.08 bits per heavy atom. The van der Waals surface area contributed by atoms with Crippen molar-refractivity contribution in [3.05, 3.63) is 29.6 Å². The second-order valence-corrected chi connectivity index (χ2v) is 5.83. The molecule has 1 aromatic carbocycles. The number of unbranched alkanes of at least 4 members (excludes halogenated alkanes) is 2. The second-order valence-electron chi connectivity index (χ2n) is 5.83. The lowest BCUT2D eigenvalue weighted by Gasteiger charge is -2.14. The molecule has 0 saturated heterocycles. The molecule has 0 spiro atoms. The van der Waals surface area contributed by atoms with Gasteiger partial charge in [0.2, 0.25) is 11.8 Å². The van der Waals surface area contributed by atoms with Crippen molar-refractivity contribution in [3.8, 4) is 5.75 Å². The number of ether oxygens (including phenoxy) is 1. The van der Waals surface area contributed by atoms with Crippen molar-refractivity contribution in [2.45, 2.75) is 51.0 Å². The number of amides is 2. The molecule has 0 aromatic heterocycles. The first-order valence-corrected chi connectivity index (χ1v) is 8.12. The van der Waals surface area contributed by atoms with Gasteiger partial charge in [-0.15, -0.1) is 0 Å². The first-order valence-electron chi connectivity index (χ1n) is 8.12. The number of carbonyl (C=O) groups is 2. The van der Waals surface area contributed by atoms with Crippen molar-refractivity contribution >= 4 is 11.8 Å². The van der Waals surface area contributed by atoms with Crippen LogP contribution in [-0.4, -0.2) is 24.5 Å². The van der Waals surface area contributed by atoms with Gasteiger partial charge in [-0.1, -0.05) is 18.6 Å². The van der Waals surface area contributed by atoms with Crippen molar-refractivity contribution in [2.75, 3.05) is 6.61 Å². The van der Waals surface area contributed by atoms with Crippen LogP contribution in [0.4, 0.5) is 4.39 Å². The summed E-state index contributed by atoms with van der Waals surface area (Å²) in [5, 5.41) is 0. The molecule has 6 nitrogen and oxygen atoms in total. The topological polar surface area (TPSA) is 121 Å². The molecule has 1 unspecified atom stereocenters. The Kier molecular flexibility index (Phi) is 8.78. The van der Waals surface area contributed by atoms with Crippen molar-refractivity contribution in [2.24, 2.45) is 17.2 Å². The summed E-state index contributed by atoms with van der Waals surface area (Å²) in [6.07, 6.45) is 3.79. The molecule has 0 aliphatic carbocycles. The van der Waals surface area contributed by atoms with Crippen LogP contribution >= 0.6 is 0 Å². The number of rotatable bonds is 12. The zero-order chi connectivity index (χ0) is 17.9. The summed E-state index contributed by atoms with van der Waals surface area (Å²) >= 11 is 0. The molecule has 0 aliphatic rings. The number of benzene rings is 1. The van der Waals surface area contributed by atoms with E-state index in [0.717, 1.165) is 12.8 Å². The molecule has 24 heavy (non-hydrogen) atoms. The van der Waals surface area contributed by atoms with E-state index in [0.29, 0.717) is 31.2 Å². The highest BCUT2D eigenvalue weighted by Gasteiger charge is 2.11. The Hall–Kier alpha value is -2.15. The monoisotopic (exact) mass is 339 g/mol. The highest BCUT2D eigenvalue weighted by molar-refractivity contribution is 5.73. The van der Waals surface area contributed by atoms with Crippen LogP contribution in [0.25, 0.3) is 0 Å². The Labute approximate surface area is 141 Å². The summed E-state index contributed by atoms with van der Waals surface area (Å²) in [6.45, 7) is 0.117. The predicted octanol–water partition coefficient (Wildman–Crippen LogP) is 1.39. The van der Waals surface area contributed by atoms with Gasteiger partial charge < -0.3 is 21.9 Å². The normalized spacial score (nSPS) is 11.9. The van der Waals surface area contributed by atoms with E-state index in [4.69, 9.17) is 21.9 Å². The maximum Gasteiger partial charge on any atom is 0.217 e. The van der Waals surface area contributed by atoms with E-state index < -0.39 is 11.7 Å². The number of hydrogen-bond acceptors (Lipinski definition) is 4. The van der Waals surface area contributed by atoms with Crippen molar-refractivity contribution < 1.29 is 18.7 Å². The van der Waals surface area contributed by atoms with Gasteiger partial charge in [0, 0.05) is 18.9 Å². The van der Waals surface area contributed by atoms with Gasteiger partial charge in [-0.2, -0.15) is 0 Å². The SMILES string of the molecule is NC(=O)CCCCCc1cccc(OCC(N)CCC(N)=O)c1F. The van der Waals surface area contributed by atoms with Crippen LogP contribution < -0.4 is 21.9 Å². The molecule has 0 heterocycles. The third-order valence-electron chi connectivity index (χ3n) is 3.63. The average molecular weight is 339 g/mol. The first-order chi connectivity index (χ1) is 11.4. The minimum Gasteiger partial charge on any atom is -0.489 e. The molecule has 0 fully saturated rings. The molecular formula is C17H26FN3O3. The van der Waals surface area contributed by atoms with E-state index in [-0.39, 0.29) is 30.7 Å². The van der Waals surface area contributed by atoms with Crippen LogP contribution in [-0.2, 0) is 16.0 Å². The molecule has 1 aromatic rings. The van der Waals surface area contributed by atoms with Crippen LogP contribution in [0.15, 0.2) is 18.2 Å². The van der Waals surface area contributed by atoms with Crippen LogP contribution in [0.5, 0.6) is 5.75 Å². The summed E-state index contributed by atoms with van der Waals surface area (Å²) in [6, 6.07) is 4.61. The van der Waals surface area contributed by atoms with Crippen molar-refractivity contribution in [3.63, 3.8) is 0 Å². The van der Waals surface area contributed by atoms with E-state index in [1.165, 1.54) is 0 Å². The van der Waals surface area contributed by atoms with Gasteiger partial charge in [-0.3, -0.25) is 9.59 Å². The third-order valence-corrected chi connectivity index (χ3v) is 3.63. The molecule has 6 N–H and O–H groups in total. The number of aryl methyl sites for hydroxylation is 1. The Morgan fingerprint density at radius 3 is 2.46 bits per heavy atom. The van der Waals surface area contributed by atoms with Gasteiger partial charge in [0.05, 0.1) is 0 Å². The molecule has 0 saturated carbocycles. The quantitative estimate of drug-likeness (QED) is 0.498. The molecule has 1 rings (SSSR count). The minimum absolute atomic E-state index is 0.117. The van der Waals surface area contributed by atoms with E-state index in [1.54, 1.807) is 18.2 Å². The summed E-state index contributed by atoms with van der Waals surface area (Å²) in [5.74, 6) is -0.979. The zero-order valence-electron chi connectivity index (χ0n) is 13.8. The summed E-state index contributed by atoms with van der Waals surface area (Å²) in [7, 11) is 0. The second kappa shape index (κ2) is 10.6. The zero-order valence-corrected chi connectivity index (χ0v) is 13.8. The fourth-order valence-corrected chi connectivity index (χ4v) is 2.26. The van der Waals surface area contributed by atoms with E-state index >= 15 is 0 Å². The van der Waals surface area contributed by atoms with Crippen LogP contribution in [0.3, 0.4) is 0 Å². The molecule has 0 bridgehead atoms. The molecule has 0 aliphatic heterocycles. The number of nitrogens with two attached hydrogens (primary N) is 3. The van der Waals surface area contributed by atoms with E-state index in [9.17, 15) is 14.0 Å². The summed E-state index contributed by atoms with van der Waals surface area (Å²) in [4.78, 5) is 21.4. The van der Waals surface area contributed by atoms with Crippen molar-refractivity contribution in [1.29, 1.82) is 0 Å². The highest BCUT2D eigenvalue weighted by Crippen LogP contribution is 2.22. The van der Waals surface area contributed by atoms with Gasteiger partial charge >= 0.3 is 0 Å². The fourth-order valence-electron chi connectivity index (χ4n) is 2.26. The van der Waals surface area contributed by atoms with Gasteiger partial charge in [0.1, 0.15) is 6.61 Å². The Bertz CT molecular complexity index is 552. The summed E-state index contributed by atoms with van der Waals surface area (Å²) < 4.78 is 19.8. The summed E-state index contributed by atoms with van der Waals surface area (Å²) in [5.41, 5.74) is 16.5. The number of primary amides is 2. The van der Waals surface area contributed by atoms with Gasteiger partial charge in [-0.25, -0.2) is 4.39 Å². The maximum absolute atomic E-state index is 14.4. The molecule has 7 heteroatoms. The minimum atomic E-state index is -0.421. The van der Waals surface area contributed by atoms with Crippen LogP contribution in [0.1, 0.15) is 44.1 Å². The Balaban J connectivity index is 2.43. The Morgan fingerprint density at radius 2 is 1.79 bits per heavy atom. The van der Waals surface area contributed by atoms with Gasteiger partial charge in [0.15, 0.2) is 11.6 Å². The first kappa shape index (κ1) is 19.9. The molecule has 0 radical (unpaired) electrons. The molecular weight excluding hydrogens is 313 g/mol. The van der Waals surface area contributed by atoms with Crippen LogP contribution in [0.2, 0.25) is 0 Å². The van der Waals surface area contributed by atoms with Gasteiger partial charge in [0.25, 0.3) is 0 Å². The lowest BCUT2D eigenvalue weighted by Crippen LogP contribution is -2.29. The standard InChI is InChI=1S/C17H26FN3O3/c18-17-12(5-2-1-3-8-15(20)22)6-4-7-14(17)24-11-13(19)9-10-16(21)23/h4,6-7,13H,1-3,5,8-11,19H2,(H2,20,22)(H2,21,23). The van der Waals surface area contributed by atoms with E-state index in [2.05, 4.69) is 0 Å². The average Bonchev–Trinajstić information content (AvgIpc) is 2.52.